The van der Waals surface area contributed by atoms with Crippen LogP contribution in [-0.4, -0.2) is 81.4 Å². The molecule has 0 bridgehead atoms. The second kappa shape index (κ2) is 7.74. The standard InChI is InChI=1S/C19H28N6O2/c1-24-6-8-25(9-7-24)19-22-15-11-17(27-3)16(26-2)10-14(15)18(23-19)21-13-4-5-20-12-13/h10-11,13,20H,4-9,12H2,1-3H3,(H,21,22,23)/t13-/m0/s1. The molecule has 8 heteroatoms. The molecule has 2 aliphatic rings. The van der Waals surface area contributed by atoms with Crippen molar-refractivity contribution in [3.8, 4) is 11.5 Å². The van der Waals surface area contributed by atoms with Crippen LogP contribution < -0.4 is 25.0 Å². The molecule has 8 nitrogen and oxygen atoms in total. The first-order valence-electron chi connectivity index (χ1n) is 9.52. The van der Waals surface area contributed by atoms with Crippen molar-refractivity contribution in [3.05, 3.63) is 12.1 Å². The van der Waals surface area contributed by atoms with Crippen molar-refractivity contribution in [1.82, 2.24) is 20.2 Å². The van der Waals surface area contributed by atoms with E-state index in [0.717, 1.165) is 68.4 Å². The molecule has 2 aromatic rings. The molecule has 0 spiro atoms. The molecule has 1 atom stereocenters. The number of fused-ring (bicyclic) bond motifs is 1. The Kier molecular flexibility index (Phi) is 5.18. The molecule has 0 saturated carbocycles. The van der Waals surface area contributed by atoms with Crippen molar-refractivity contribution in [3.63, 3.8) is 0 Å². The minimum Gasteiger partial charge on any atom is -0.493 e. The van der Waals surface area contributed by atoms with Crippen LogP contribution in [0.15, 0.2) is 12.1 Å². The zero-order chi connectivity index (χ0) is 18.8. The van der Waals surface area contributed by atoms with Gasteiger partial charge in [0.1, 0.15) is 5.82 Å². The minimum absolute atomic E-state index is 0.372. The number of anilines is 2. The predicted molar refractivity (Wildman–Crippen MR) is 107 cm³/mol. The lowest BCUT2D eigenvalue weighted by atomic mass is 10.2. The maximum Gasteiger partial charge on any atom is 0.227 e. The first-order chi connectivity index (χ1) is 13.2. The fraction of sp³-hybridized carbons (Fsp3) is 0.579. The summed E-state index contributed by atoms with van der Waals surface area (Å²) in [7, 11) is 5.45. The van der Waals surface area contributed by atoms with Crippen LogP contribution in [0.25, 0.3) is 10.9 Å². The van der Waals surface area contributed by atoms with Crippen LogP contribution in [0, 0.1) is 0 Å². The summed E-state index contributed by atoms with van der Waals surface area (Å²) in [5.41, 5.74) is 0.866. The Hall–Kier alpha value is -2.32. The summed E-state index contributed by atoms with van der Waals surface area (Å²) in [5.74, 6) is 3.01. The highest BCUT2D eigenvalue weighted by Gasteiger charge is 2.22. The highest BCUT2D eigenvalue weighted by molar-refractivity contribution is 5.93. The fourth-order valence-corrected chi connectivity index (χ4v) is 3.67. The maximum atomic E-state index is 5.49. The number of rotatable bonds is 5. The molecule has 2 aliphatic heterocycles. The number of ether oxygens (including phenoxy) is 2. The first-order valence-corrected chi connectivity index (χ1v) is 9.52. The Bertz CT molecular complexity index is 800. The molecule has 3 heterocycles. The van der Waals surface area contributed by atoms with Gasteiger partial charge < -0.3 is 29.9 Å². The number of methoxy groups -OCH3 is 2. The normalized spacial score (nSPS) is 20.9. The Morgan fingerprint density at radius 3 is 2.48 bits per heavy atom. The maximum absolute atomic E-state index is 5.49. The second-order valence-corrected chi connectivity index (χ2v) is 7.22. The zero-order valence-electron chi connectivity index (χ0n) is 16.3. The summed E-state index contributed by atoms with van der Waals surface area (Å²) in [4.78, 5) is 14.3. The van der Waals surface area contributed by atoms with Crippen molar-refractivity contribution in [1.29, 1.82) is 0 Å². The van der Waals surface area contributed by atoms with Gasteiger partial charge in [-0.1, -0.05) is 0 Å². The van der Waals surface area contributed by atoms with E-state index in [0.29, 0.717) is 17.5 Å². The number of aromatic nitrogens is 2. The van der Waals surface area contributed by atoms with Gasteiger partial charge >= 0.3 is 0 Å². The zero-order valence-corrected chi connectivity index (χ0v) is 16.3. The topological polar surface area (TPSA) is 74.8 Å². The average Bonchev–Trinajstić information content (AvgIpc) is 3.20. The lowest BCUT2D eigenvalue weighted by Crippen LogP contribution is -2.45. The number of piperazine rings is 1. The predicted octanol–water partition coefficient (Wildman–Crippen LogP) is 1.17. The highest BCUT2D eigenvalue weighted by atomic mass is 16.5. The van der Waals surface area contributed by atoms with E-state index in [1.54, 1.807) is 14.2 Å². The van der Waals surface area contributed by atoms with E-state index in [1.807, 2.05) is 12.1 Å². The van der Waals surface area contributed by atoms with Crippen molar-refractivity contribution >= 4 is 22.7 Å². The molecule has 146 valence electrons. The summed E-state index contributed by atoms with van der Waals surface area (Å²) >= 11 is 0. The third-order valence-electron chi connectivity index (χ3n) is 5.38. The van der Waals surface area contributed by atoms with Gasteiger partial charge in [0.25, 0.3) is 0 Å². The summed E-state index contributed by atoms with van der Waals surface area (Å²) < 4.78 is 11.0. The molecule has 27 heavy (non-hydrogen) atoms. The van der Waals surface area contributed by atoms with Crippen LogP contribution >= 0.6 is 0 Å². The van der Waals surface area contributed by atoms with Crippen molar-refractivity contribution in [2.45, 2.75) is 12.5 Å². The van der Waals surface area contributed by atoms with Gasteiger partial charge in [0.05, 0.1) is 19.7 Å². The lowest BCUT2D eigenvalue weighted by molar-refractivity contribution is 0.311. The number of hydrogen-bond donors (Lipinski definition) is 2. The van der Waals surface area contributed by atoms with Crippen LogP contribution in [0.4, 0.5) is 11.8 Å². The second-order valence-electron chi connectivity index (χ2n) is 7.22. The van der Waals surface area contributed by atoms with Gasteiger partial charge in [0, 0.05) is 50.2 Å². The van der Waals surface area contributed by atoms with Gasteiger partial charge in [0.2, 0.25) is 5.95 Å². The van der Waals surface area contributed by atoms with E-state index in [1.165, 1.54) is 0 Å². The van der Waals surface area contributed by atoms with Gasteiger partial charge in [-0.25, -0.2) is 4.98 Å². The molecule has 2 N–H and O–H groups in total. The van der Waals surface area contributed by atoms with E-state index >= 15 is 0 Å². The molecule has 2 fully saturated rings. The Morgan fingerprint density at radius 2 is 1.81 bits per heavy atom. The number of nitrogens with zero attached hydrogens (tertiary/aromatic N) is 4. The Morgan fingerprint density at radius 1 is 1.07 bits per heavy atom. The van der Waals surface area contributed by atoms with Gasteiger partial charge in [-0.05, 0) is 26.1 Å². The summed E-state index contributed by atoms with van der Waals surface area (Å²) in [6.07, 6.45) is 1.09. The third-order valence-corrected chi connectivity index (χ3v) is 5.38. The SMILES string of the molecule is COc1cc2nc(N3CCN(C)CC3)nc(N[C@H]3CCNC3)c2cc1OC. The fourth-order valence-electron chi connectivity index (χ4n) is 3.67. The number of nitrogens with one attached hydrogen (secondary N) is 2. The van der Waals surface area contributed by atoms with Crippen LogP contribution in [0.5, 0.6) is 11.5 Å². The number of benzene rings is 1. The van der Waals surface area contributed by atoms with E-state index in [-0.39, 0.29) is 0 Å². The van der Waals surface area contributed by atoms with E-state index in [2.05, 4.69) is 27.5 Å². The lowest BCUT2D eigenvalue weighted by Gasteiger charge is -2.32. The largest absolute Gasteiger partial charge is 0.493 e. The summed E-state index contributed by atoms with van der Waals surface area (Å²) in [6.45, 7) is 5.87. The number of hydrogen-bond acceptors (Lipinski definition) is 8. The quantitative estimate of drug-likeness (QED) is 0.810. The van der Waals surface area contributed by atoms with Crippen LogP contribution in [0.1, 0.15) is 6.42 Å². The smallest absolute Gasteiger partial charge is 0.227 e. The molecular weight excluding hydrogens is 344 g/mol. The van der Waals surface area contributed by atoms with Crippen LogP contribution in [0.3, 0.4) is 0 Å². The van der Waals surface area contributed by atoms with Gasteiger partial charge in [0.15, 0.2) is 11.5 Å². The molecule has 0 radical (unpaired) electrons. The first kappa shape index (κ1) is 18.1. The van der Waals surface area contributed by atoms with Crippen molar-refractivity contribution in [2.75, 3.05) is 70.8 Å². The van der Waals surface area contributed by atoms with Crippen LogP contribution in [-0.2, 0) is 0 Å². The molecule has 1 aromatic heterocycles. The van der Waals surface area contributed by atoms with E-state index in [9.17, 15) is 0 Å². The minimum atomic E-state index is 0.372. The van der Waals surface area contributed by atoms with E-state index < -0.39 is 0 Å². The molecule has 1 aromatic carbocycles. The van der Waals surface area contributed by atoms with Crippen LogP contribution in [0.2, 0.25) is 0 Å². The Labute approximate surface area is 159 Å². The van der Waals surface area contributed by atoms with Crippen molar-refractivity contribution < 1.29 is 9.47 Å². The average molecular weight is 372 g/mol. The van der Waals surface area contributed by atoms with Gasteiger partial charge in [-0.3, -0.25) is 0 Å². The molecule has 0 unspecified atom stereocenters. The molecule has 2 saturated heterocycles. The van der Waals surface area contributed by atoms with E-state index in [4.69, 9.17) is 19.4 Å². The van der Waals surface area contributed by atoms with Gasteiger partial charge in [-0.15, -0.1) is 0 Å². The molecule has 0 aliphatic carbocycles. The van der Waals surface area contributed by atoms with Crippen molar-refractivity contribution in [2.24, 2.45) is 0 Å². The number of likely N-dealkylation sites (N-methyl/N-ethyl adjacent to an activating group) is 1. The summed E-state index contributed by atoms with van der Waals surface area (Å²) in [5, 5.41) is 7.97. The molecule has 4 rings (SSSR count). The monoisotopic (exact) mass is 372 g/mol. The highest BCUT2D eigenvalue weighted by Crippen LogP contribution is 2.35. The van der Waals surface area contributed by atoms with Gasteiger partial charge in [-0.2, -0.15) is 4.98 Å². The third kappa shape index (κ3) is 3.72. The Balaban J connectivity index is 1.77. The molecular formula is C19H28N6O2. The summed E-state index contributed by atoms with van der Waals surface area (Å²) in [6, 6.07) is 4.27. The molecule has 0 amide bonds.